The second-order valence-electron chi connectivity index (χ2n) is 3.40. The van der Waals surface area contributed by atoms with E-state index in [1.54, 1.807) is 24.3 Å². The minimum atomic E-state index is -0.444. The van der Waals surface area contributed by atoms with Gasteiger partial charge < -0.3 is 5.11 Å². The van der Waals surface area contributed by atoms with Crippen molar-refractivity contribution >= 4 is 0 Å². The molecule has 1 aromatic carbocycles. The number of phenols is 1. The van der Waals surface area contributed by atoms with Crippen molar-refractivity contribution in [3.05, 3.63) is 62.9 Å². The molecule has 0 saturated heterocycles. The van der Waals surface area contributed by atoms with E-state index in [4.69, 9.17) is 5.11 Å². The maximum atomic E-state index is 11.4. The first-order chi connectivity index (χ1) is 7.65. The number of benzene rings is 1. The molecule has 0 bridgehead atoms. The van der Waals surface area contributed by atoms with E-state index in [-0.39, 0.29) is 5.75 Å². The summed E-state index contributed by atoms with van der Waals surface area (Å²) in [4.78, 5) is 24.4. The van der Waals surface area contributed by atoms with E-state index >= 15 is 0 Å². The Labute approximate surface area is 90.6 Å². The van der Waals surface area contributed by atoms with Crippen molar-refractivity contribution in [2.75, 3.05) is 0 Å². The number of aromatic hydroxyl groups is 1. The van der Waals surface area contributed by atoms with Crippen LogP contribution in [0.4, 0.5) is 0 Å². The zero-order valence-corrected chi connectivity index (χ0v) is 8.38. The van der Waals surface area contributed by atoms with Gasteiger partial charge in [-0.25, -0.2) is 4.79 Å². The molecule has 2 rings (SSSR count). The fraction of sp³-hybridized carbons (Fsp3) is 0.0909. The summed E-state index contributed by atoms with van der Waals surface area (Å²) in [5, 5.41) is 9.10. The standard InChI is InChI=1S/C11H10N2O3/c14-9-3-1-8(2-4-9)7-13-6-5-10(15)12-11(13)16/h1-6,14H,7H2,(H,12,15,16). The zero-order chi connectivity index (χ0) is 11.5. The van der Waals surface area contributed by atoms with Gasteiger partial charge in [0.1, 0.15) is 5.75 Å². The first-order valence-electron chi connectivity index (χ1n) is 4.73. The van der Waals surface area contributed by atoms with Gasteiger partial charge in [0, 0.05) is 12.3 Å². The lowest BCUT2D eigenvalue weighted by Crippen LogP contribution is -2.28. The van der Waals surface area contributed by atoms with Gasteiger partial charge in [0.2, 0.25) is 0 Å². The molecule has 5 nitrogen and oxygen atoms in total. The van der Waals surface area contributed by atoms with Crippen molar-refractivity contribution in [1.29, 1.82) is 0 Å². The molecular weight excluding hydrogens is 208 g/mol. The fourth-order valence-electron chi connectivity index (χ4n) is 1.37. The summed E-state index contributed by atoms with van der Waals surface area (Å²) in [7, 11) is 0. The summed E-state index contributed by atoms with van der Waals surface area (Å²) in [6, 6.07) is 7.82. The molecule has 5 heteroatoms. The van der Waals surface area contributed by atoms with Crippen LogP contribution in [0.1, 0.15) is 5.56 Å². The fourth-order valence-corrected chi connectivity index (χ4v) is 1.37. The normalized spacial score (nSPS) is 10.2. The van der Waals surface area contributed by atoms with Crippen molar-refractivity contribution in [2.45, 2.75) is 6.54 Å². The highest BCUT2D eigenvalue weighted by atomic mass is 16.3. The second-order valence-corrected chi connectivity index (χ2v) is 3.40. The molecule has 0 aliphatic rings. The van der Waals surface area contributed by atoms with Gasteiger partial charge in [0.05, 0.1) is 6.54 Å². The summed E-state index contributed by atoms with van der Waals surface area (Å²) >= 11 is 0. The van der Waals surface area contributed by atoms with Gasteiger partial charge in [-0.2, -0.15) is 0 Å². The topological polar surface area (TPSA) is 75.1 Å². The maximum absolute atomic E-state index is 11.4. The van der Waals surface area contributed by atoms with Gasteiger partial charge >= 0.3 is 5.69 Å². The minimum Gasteiger partial charge on any atom is -0.508 e. The highest BCUT2D eigenvalue weighted by Crippen LogP contribution is 2.09. The Morgan fingerprint density at radius 2 is 1.81 bits per heavy atom. The molecule has 0 aliphatic carbocycles. The number of nitrogens with one attached hydrogen (secondary N) is 1. The summed E-state index contributed by atoms with van der Waals surface area (Å²) in [6.45, 7) is 0.357. The van der Waals surface area contributed by atoms with Crippen LogP contribution in [-0.2, 0) is 6.54 Å². The van der Waals surface area contributed by atoms with Gasteiger partial charge in [-0.05, 0) is 17.7 Å². The number of nitrogens with zero attached hydrogens (tertiary/aromatic N) is 1. The highest BCUT2D eigenvalue weighted by molar-refractivity contribution is 5.25. The van der Waals surface area contributed by atoms with Crippen molar-refractivity contribution in [3.8, 4) is 5.75 Å². The second kappa shape index (κ2) is 4.06. The predicted octanol–water partition coefficient (Wildman–Crippen LogP) is 0.291. The minimum absolute atomic E-state index is 0.178. The van der Waals surface area contributed by atoms with Gasteiger partial charge in [-0.15, -0.1) is 0 Å². The molecule has 0 unspecified atom stereocenters. The predicted molar refractivity (Wildman–Crippen MR) is 58.5 cm³/mol. The number of H-pyrrole nitrogens is 1. The lowest BCUT2D eigenvalue weighted by atomic mass is 10.2. The van der Waals surface area contributed by atoms with E-state index in [1.165, 1.54) is 16.8 Å². The van der Waals surface area contributed by atoms with Crippen molar-refractivity contribution in [1.82, 2.24) is 9.55 Å². The van der Waals surface area contributed by atoms with Crippen LogP contribution in [0.3, 0.4) is 0 Å². The Morgan fingerprint density at radius 3 is 2.44 bits per heavy atom. The molecule has 0 saturated carbocycles. The number of aromatic amines is 1. The van der Waals surface area contributed by atoms with Crippen molar-refractivity contribution < 1.29 is 5.11 Å². The van der Waals surface area contributed by atoms with Crippen molar-refractivity contribution in [3.63, 3.8) is 0 Å². The molecule has 82 valence electrons. The van der Waals surface area contributed by atoms with Gasteiger partial charge in [-0.1, -0.05) is 12.1 Å². The summed E-state index contributed by atoms with van der Waals surface area (Å²) in [5.74, 6) is 0.178. The molecule has 0 atom stereocenters. The number of aromatic nitrogens is 2. The maximum Gasteiger partial charge on any atom is 0.328 e. The average molecular weight is 218 g/mol. The molecule has 1 heterocycles. The van der Waals surface area contributed by atoms with Gasteiger partial charge in [0.25, 0.3) is 5.56 Å². The molecule has 2 aromatic rings. The van der Waals surface area contributed by atoms with Crippen molar-refractivity contribution in [2.24, 2.45) is 0 Å². The third kappa shape index (κ3) is 2.20. The number of hydrogen-bond acceptors (Lipinski definition) is 3. The Balaban J connectivity index is 2.30. The molecule has 0 aliphatic heterocycles. The van der Waals surface area contributed by atoms with E-state index in [9.17, 15) is 9.59 Å². The highest BCUT2D eigenvalue weighted by Gasteiger charge is 1.98. The zero-order valence-electron chi connectivity index (χ0n) is 8.38. The molecule has 0 radical (unpaired) electrons. The van der Waals surface area contributed by atoms with Crippen LogP contribution in [0.2, 0.25) is 0 Å². The largest absolute Gasteiger partial charge is 0.508 e. The van der Waals surface area contributed by atoms with Gasteiger partial charge in [-0.3, -0.25) is 14.3 Å². The Kier molecular flexibility index (Phi) is 2.59. The molecule has 2 N–H and O–H groups in total. The molecule has 16 heavy (non-hydrogen) atoms. The average Bonchev–Trinajstić information content (AvgIpc) is 2.25. The van der Waals surface area contributed by atoms with Crippen LogP contribution in [0, 0.1) is 0 Å². The third-order valence-electron chi connectivity index (χ3n) is 2.19. The first-order valence-corrected chi connectivity index (χ1v) is 4.73. The Bertz CT molecular complexity index is 596. The molecular formula is C11H10N2O3. The first kappa shape index (κ1) is 10.2. The van der Waals surface area contributed by atoms with Gasteiger partial charge in [0.15, 0.2) is 0 Å². The molecule has 1 aromatic heterocycles. The molecule has 0 fully saturated rings. The van der Waals surface area contributed by atoms with E-state index in [2.05, 4.69) is 4.98 Å². The number of rotatable bonds is 2. The molecule has 0 spiro atoms. The Hall–Kier alpha value is -2.30. The van der Waals surface area contributed by atoms with Crippen LogP contribution in [-0.4, -0.2) is 14.7 Å². The summed E-state index contributed by atoms with van der Waals surface area (Å²) in [5.41, 5.74) is 0.0134. The van der Waals surface area contributed by atoms with Crippen LogP contribution in [0.15, 0.2) is 46.1 Å². The lowest BCUT2D eigenvalue weighted by Gasteiger charge is -2.04. The smallest absolute Gasteiger partial charge is 0.328 e. The third-order valence-corrected chi connectivity index (χ3v) is 2.19. The molecule has 0 amide bonds. The van der Waals surface area contributed by atoms with E-state index < -0.39 is 11.2 Å². The van der Waals surface area contributed by atoms with Crippen LogP contribution < -0.4 is 11.2 Å². The van der Waals surface area contributed by atoms with Crippen LogP contribution >= 0.6 is 0 Å². The van der Waals surface area contributed by atoms with E-state index in [0.717, 1.165) is 5.56 Å². The quantitative estimate of drug-likeness (QED) is 0.760. The van der Waals surface area contributed by atoms with E-state index in [0.29, 0.717) is 6.54 Å². The van der Waals surface area contributed by atoms with E-state index in [1.807, 2.05) is 0 Å². The SMILES string of the molecule is O=c1ccn(Cc2ccc(O)cc2)c(=O)[nH]1. The Morgan fingerprint density at radius 1 is 1.12 bits per heavy atom. The lowest BCUT2D eigenvalue weighted by molar-refractivity contribution is 0.475. The monoisotopic (exact) mass is 218 g/mol. The number of hydrogen-bond donors (Lipinski definition) is 2. The summed E-state index contributed by atoms with van der Waals surface area (Å²) < 4.78 is 1.38. The van der Waals surface area contributed by atoms with Crippen LogP contribution in [0.5, 0.6) is 5.75 Å². The summed E-state index contributed by atoms with van der Waals surface area (Å²) in [6.07, 6.45) is 1.44. The van der Waals surface area contributed by atoms with Crippen LogP contribution in [0.25, 0.3) is 0 Å². The number of phenolic OH excluding ortho intramolecular Hbond substituents is 1.